The van der Waals surface area contributed by atoms with E-state index in [-0.39, 0.29) is 11.9 Å². The summed E-state index contributed by atoms with van der Waals surface area (Å²) in [5, 5.41) is 6.37. The molecule has 4 nitrogen and oxygen atoms in total. The molecular formula is C17H22N2O2. The molecule has 0 spiro atoms. The molecule has 1 unspecified atom stereocenters. The van der Waals surface area contributed by atoms with Gasteiger partial charge in [0.05, 0.1) is 12.3 Å². The Labute approximate surface area is 125 Å². The van der Waals surface area contributed by atoms with Crippen molar-refractivity contribution in [3.05, 3.63) is 47.9 Å². The fraction of sp³-hybridized carbons (Fsp3) is 0.353. The highest BCUT2D eigenvalue weighted by atomic mass is 16.3. The van der Waals surface area contributed by atoms with Gasteiger partial charge in [-0.15, -0.1) is 0 Å². The van der Waals surface area contributed by atoms with Crippen molar-refractivity contribution in [1.29, 1.82) is 0 Å². The van der Waals surface area contributed by atoms with E-state index in [1.165, 1.54) is 0 Å². The van der Waals surface area contributed by atoms with Gasteiger partial charge in [-0.2, -0.15) is 0 Å². The van der Waals surface area contributed by atoms with Crippen LogP contribution in [0.15, 0.2) is 41.0 Å². The topological polar surface area (TPSA) is 54.3 Å². The van der Waals surface area contributed by atoms with Crippen LogP contribution in [-0.4, -0.2) is 5.91 Å². The second-order valence-electron chi connectivity index (χ2n) is 5.05. The Morgan fingerprint density at radius 2 is 2.10 bits per heavy atom. The molecule has 0 saturated heterocycles. The van der Waals surface area contributed by atoms with Crippen molar-refractivity contribution in [2.45, 2.75) is 39.7 Å². The first-order chi connectivity index (χ1) is 10.1. The lowest BCUT2D eigenvalue weighted by Crippen LogP contribution is -2.12. The number of hydrogen-bond donors (Lipinski definition) is 2. The summed E-state index contributed by atoms with van der Waals surface area (Å²) < 4.78 is 5.48. The van der Waals surface area contributed by atoms with Crippen LogP contribution in [0.25, 0.3) is 0 Å². The van der Waals surface area contributed by atoms with Crippen LogP contribution in [0.2, 0.25) is 0 Å². The van der Waals surface area contributed by atoms with Crippen LogP contribution < -0.4 is 10.6 Å². The Bertz CT molecular complexity index is 591. The first-order valence-electron chi connectivity index (χ1n) is 7.34. The van der Waals surface area contributed by atoms with E-state index in [4.69, 9.17) is 4.42 Å². The van der Waals surface area contributed by atoms with E-state index >= 15 is 0 Å². The zero-order valence-corrected chi connectivity index (χ0v) is 12.8. The van der Waals surface area contributed by atoms with Crippen LogP contribution >= 0.6 is 0 Å². The van der Waals surface area contributed by atoms with Crippen LogP contribution in [0.4, 0.5) is 11.4 Å². The number of furan rings is 1. The zero-order valence-electron chi connectivity index (χ0n) is 12.8. The summed E-state index contributed by atoms with van der Waals surface area (Å²) >= 11 is 0. The predicted molar refractivity (Wildman–Crippen MR) is 85.5 cm³/mol. The van der Waals surface area contributed by atoms with Gasteiger partial charge in [0, 0.05) is 17.8 Å². The molecule has 0 aliphatic carbocycles. The monoisotopic (exact) mass is 286 g/mol. The van der Waals surface area contributed by atoms with E-state index in [9.17, 15) is 4.79 Å². The molecule has 1 atom stereocenters. The molecule has 1 amide bonds. The minimum Gasteiger partial charge on any atom is -0.467 e. The highest BCUT2D eigenvalue weighted by Gasteiger charge is 2.13. The number of aryl methyl sites for hydroxylation is 1. The molecule has 112 valence electrons. The van der Waals surface area contributed by atoms with Gasteiger partial charge in [0.1, 0.15) is 5.76 Å². The maximum absolute atomic E-state index is 11.5. The number of anilines is 2. The number of benzene rings is 1. The number of rotatable bonds is 6. The highest BCUT2D eigenvalue weighted by Crippen LogP contribution is 2.27. The predicted octanol–water partition coefficient (Wildman–Crippen LogP) is 4.50. The highest BCUT2D eigenvalue weighted by molar-refractivity contribution is 5.91. The van der Waals surface area contributed by atoms with Crippen LogP contribution in [0.3, 0.4) is 0 Å². The quantitative estimate of drug-likeness (QED) is 0.822. The van der Waals surface area contributed by atoms with Crippen LogP contribution in [0.1, 0.15) is 44.1 Å². The third kappa shape index (κ3) is 3.88. The number of carbonyl (C=O) groups excluding carboxylic acids is 1. The standard InChI is InChI=1S/C17H22N2O2/c1-4-14(16-7-6-10-21-16)19-15-11-13(9-8-12(15)3)18-17(20)5-2/h6-11,14,19H,4-5H2,1-3H3,(H,18,20). The molecule has 1 heterocycles. The summed E-state index contributed by atoms with van der Waals surface area (Å²) in [6, 6.07) is 9.87. The lowest BCUT2D eigenvalue weighted by molar-refractivity contribution is -0.115. The summed E-state index contributed by atoms with van der Waals surface area (Å²) in [4.78, 5) is 11.5. The Morgan fingerprint density at radius 1 is 1.29 bits per heavy atom. The minimum absolute atomic E-state index is 0.0166. The molecule has 21 heavy (non-hydrogen) atoms. The SMILES string of the molecule is CCC(=O)Nc1ccc(C)c(NC(CC)c2ccco2)c1. The van der Waals surface area contributed by atoms with Gasteiger partial charge in [0.25, 0.3) is 0 Å². The van der Waals surface area contributed by atoms with Gasteiger partial charge < -0.3 is 15.1 Å². The molecule has 2 aromatic rings. The van der Waals surface area contributed by atoms with Gasteiger partial charge in [0.2, 0.25) is 5.91 Å². The summed E-state index contributed by atoms with van der Waals surface area (Å²) in [7, 11) is 0. The van der Waals surface area contributed by atoms with Crippen molar-refractivity contribution >= 4 is 17.3 Å². The van der Waals surface area contributed by atoms with Crippen molar-refractivity contribution in [2.24, 2.45) is 0 Å². The van der Waals surface area contributed by atoms with Crippen molar-refractivity contribution in [2.75, 3.05) is 10.6 Å². The van der Waals surface area contributed by atoms with Gasteiger partial charge in [-0.25, -0.2) is 0 Å². The van der Waals surface area contributed by atoms with E-state index in [2.05, 4.69) is 17.6 Å². The van der Waals surface area contributed by atoms with Crippen molar-refractivity contribution in [3.8, 4) is 0 Å². The molecule has 2 N–H and O–H groups in total. The molecule has 0 bridgehead atoms. The summed E-state index contributed by atoms with van der Waals surface area (Å²) in [5.74, 6) is 0.933. The maximum atomic E-state index is 11.5. The molecule has 0 aliphatic rings. The zero-order chi connectivity index (χ0) is 15.2. The van der Waals surface area contributed by atoms with E-state index in [1.807, 2.05) is 44.2 Å². The van der Waals surface area contributed by atoms with E-state index in [0.29, 0.717) is 6.42 Å². The lowest BCUT2D eigenvalue weighted by atomic mass is 10.1. The fourth-order valence-electron chi connectivity index (χ4n) is 2.16. The van der Waals surface area contributed by atoms with Gasteiger partial charge in [-0.3, -0.25) is 4.79 Å². The number of hydrogen-bond acceptors (Lipinski definition) is 3. The lowest BCUT2D eigenvalue weighted by Gasteiger charge is -2.18. The van der Waals surface area contributed by atoms with Crippen molar-refractivity contribution < 1.29 is 9.21 Å². The molecule has 0 saturated carbocycles. The van der Waals surface area contributed by atoms with Crippen LogP contribution in [-0.2, 0) is 4.79 Å². The molecule has 1 aromatic heterocycles. The molecule has 4 heteroatoms. The van der Waals surface area contributed by atoms with Crippen LogP contribution in [0.5, 0.6) is 0 Å². The summed E-state index contributed by atoms with van der Waals surface area (Å²) in [6.07, 6.45) is 3.07. The number of nitrogens with one attached hydrogen (secondary N) is 2. The maximum Gasteiger partial charge on any atom is 0.224 e. The normalized spacial score (nSPS) is 12.0. The number of carbonyl (C=O) groups is 1. The summed E-state index contributed by atoms with van der Waals surface area (Å²) in [5.41, 5.74) is 2.95. The smallest absolute Gasteiger partial charge is 0.224 e. The van der Waals surface area contributed by atoms with Crippen LogP contribution in [0, 0.1) is 6.92 Å². The molecule has 0 radical (unpaired) electrons. The Kier molecular flexibility index (Phi) is 5.04. The van der Waals surface area contributed by atoms with Gasteiger partial charge >= 0.3 is 0 Å². The van der Waals surface area contributed by atoms with Crippen molar-refractivity contribution in [1.82, 2.24) is 0 Å². The number of amides is 1. The largest absolute Gasteiger partial charge is 0.467 e. The Hall–Kier alpha value is -2.23. The fourth-order valence-corrected chi connectivity index (χ4v) is 2.16. The van der Waals surface area contributed by atoms with Gasteiger partial charge in [-0.1, -0.05) is 19.9 Å². The third-order valence-corrected chi connectivity index (χ3v) is 3.47. The second kappa shape index (κ2) is 6.97. The molecule has 0 fully saturated rings. The van der Waals surface area contributed by atoms with E-state index in [0.717, 1.165) is 29.1 Å². The van der Waals surface area contributed by atoms with Crippen molar-refractivity contribution in [3.63, 3.8) is 0 Å². The Balaban J connectivity index is 2.18. The first-order valence-corrected chi connectivity index (χ1v) is 7.34. The minimum atomic E-state index is 0.0166. The third-order valence-electron chi connectivity index (χ3n) is 3.47. The Morgan fingerprint density at radius 3 is 2.71 bits per heavy atom. The molecule has 0 aliphatic heterocycles. The average molecular weight is 286 g/mol. The molecular weight excluding hydrogens is 264 g/mol. The average Bonchev–Trinajstić information content (AvgIpc) is 3.01. The second-order valence-corrected chi connectivity index (χ2v) is 5.05. The van der Waals surface area contributed by atoms with E-state index < -0.39 is 0 Å². The van der Waals surface area contributed by atoms with E-state index in [1.54, 1.807) is 6.26 Å². The van der Waals surface area contributed by atoms with Gasteiger partial charge in [-0.05, 0) is 43.2 Å². The summed E-state index contributed by atoms with van der Waals surface area (Å²) in [6.45, 7) is 5.99. The van der Waals surface area contributed by atoms with Gasteiger partial charge in [0.15, 0.2) is 0 Å². The molecule has 2 rings (SSSR count). The molecule has 1 aromatic carbocycles. The first kappa shape index (κ1) is 15.2.